The van der Waals surface area contributed by atoms with Crippen molar-refractivity contribution in [3.05, 3.63) is 35.9 Å². The number of methoxy groups -OCH3 is 1. The number of nitrogens with zero attached hydrogens (tertiary/aromatic N) is 3. The van der Waals surface area contributed by atoms with Crippen molar-refractivity contribution in [1.29, 1.82) is 0 Å². The van der Waals surface area contributed by atoms with Crippen LogP contribution in [0.15, 0.2) is 30.3 Å². The summed E-state index contributed by atoms with van der Waals surface area (Å²) in [5.74, 6) is 2.00. The molecule has 0 atom stereocenters. The molecule has 0 aliphatic heterocycles. The van der Waals surface area contributed by atoms with Crippen LogP contribution in [0, 0.1) is 0 Å². The van der Waals surface area contributed by atoms with Gasteiger partial charge in [-0.2, -0.15) is 0 Å². The van der Waals surface area contributed by atoms with Gasteiger partial charge in [-0.15, -0.1) is 12.4 Å². The predicted octanol–water partition coefficient (Wildman–Crippen LogP) is 5.91. The summed E-state index contributed by atoms with van der Waals surface area (Å²) in [6.07, 6.45) is 0. The topological polar surface area (TPSA) is 73.4 Å². The third kappa shape index (κ3) is 7.18. The molecule has 0 fully saturated rings. The minimum atomic E-state index is -0.176. The molecule has 0 N–H and O–H groups in total. The van der Waals surface area contributed by atoms with Gasteiger partial charge in [0.25, 0.3) is 5.91 Å². The van der Waals surface area contributed by atoms with E-state index in [1.165, 1.54) is 11.3 Å². The number of thiazole rings is 1. The third-order valence-electron chi connectivity index (χ3n) is 5.76. The number of fused-ring (bicyclic) bond motifs is 1. The molecule has 3 aromatic rings. The van der Waals surface area contributed by atoms with Gasteiger partial charge in [-0.1, -0.05) is 31.3 Å². The molecule has 1 amide bonds. The van der Waals surface area contributed by atoms with Crippen LogP contribution in [-0.4, -0.2) is 68.9 Å². The Morgan fingerprint density at radius 3 is 2.05 bits per heavy atom. The number of carbonyl (C=O) groups is 1. The molecule has 3 rings (SSSR count). The highest BCUT2D eigenvalue weighted by molar-refractivity contribution is 7.22. The standard InChI is InChI=1S/C27H37N3O5S.ClH/c1-7-29(8-2)15-16-30(27-28-24-20(32-6)13-12-14-23(24)36-27)26(31)19-17-21(33-9-3)25(35-11-5)22(18-19)34-10-4;/h12-14,17-18H,7-11,15-16H2,1-6H3;1H. The van der Waals surface area contributed by atoms with E-state index >= 15 is 0 Å². The number of hydrogen-bond donors (Lipinski definition) is 0. The third-order valence-corrected chi connectivity index (χ3v) is 6.80. The molecule has 2 aromatic carbocycles. The Hall–Kier alpha value is -2.75. The first-order valence-corrected chi connectivity index (χ1v) is 13.4. The number of benzene rings is 2. The Kier molecular flexibility index (Phi) is 12.2. The molecule has 204 valence electrons. The molecule has 8 nitrogen and oxygen atoms in total. The number of amides is 1. The monoisotopic (exact) mass is 551 g/mol. The zero-order chi connectivity index (χ0) is 26.1. The van der Waals surface area contributed by atoms with E-state index in [2.05, 4.69) is 18.7 Å². The van der Waals surface area contributed by atoms with Crippen molar-refractivity contribution in [3.63, 3.8) is 0 Å². The smallest absolute Gasteiger partial charge is 0.260 e. The van der Waals surface area contributed by atoms with Crippen molar-refractivity contribution >= 4 is 45.0 Å². The van der Waals surface area contributed by atoms with Gasteiger partial charge in [0.1, 0.15) is 11.3 Å². The summed E-state index contributed by atoms with van der Waals surface area (Å²) < 4.78 is 24.0. The Labute approximate surface area is 229 Å². The summed E-state index contributed by atoms with van der Waals surface area (Å²) in [5.41, 5.74) is 1.20. The van der Waals surface area contributed by atoms with Crippen LogP contribution in [-0.2, 0) is 0 Å². The first-order valence-electron chi connectivity index (χ1n) is 12.5. The summed E-state index contributed by atoms with van der Waals surface area (Å²) in [6, 6.07) is 9.27. The van der Waals surface area contributed by atoms with Crippen molar-refractivity contribution in [2.45, 2.75) is 34.6 Å². The first-order chi connectivity index (χ1) is 17.5. The number of anilines is 1. The average Bonchev–Trinajstić information content (AvgIpc) is 3.32. The van der Waals surface area contributed by atoms with E-state index in [9.17, 15) is 4.79 Å². The van der Waals surface area contributed by atoms with Gasteiger partial charge in [0.15, 0.2) is 16.6 Å². The lowest BCUT2D eigenvalue weighted by Gasteiger charge is -2.25. The van der Waals surface area contributed by atoms with E-state index in [-0.39, 0.29) is 18.3 Å². The summed E-state index contributed by atoms with van der Waals surface area (Å²) in [6.45, 7) is 14.3. The van der Waals surface area contributed by atoms with Crippen LogP contribution in [0.25, 0.3) is 10.2 Å². The van der Waals surface area contributed by atoms with Gasteiger partial charge in [0.05, 0.1) is 31.6 Å². The SMILES string of the molecule is CCOc1cc(C(=O)N(CCN(CC)CC)c2nc3c(OC)cccc3s2)cc(OCC)c1OCC.Cl. The minimum absolute atomic E-state index is 0. The fourth-order valence-electron chi connectivity index (χ4n) is 3.93. The molecule has 37 heavy (non-hydrogen) atoms. The molecule has 0 saturated carbocycles. The highest BCUT2D eigenvalue weighted by Gasteiger charge is 2.26. The zero-order valence-electron chi connectivity index (χ0n) is 22.5. The highest BCUT2D eigenvalue weighted by atomic mass is 35.5. The second-order valence-corrected chi connectivity index (χ2v) is 8.90. The number of rotatable bonds is 14. The molecule has 0 aliphatic carbocycles. The number of carbonyl (C=O) groups excluding carboxylic acids is 1. The maximum absolute atomic E-state index is 14.0. The number of ether oxygens (including phenoxy) is 4. The van der Waals surface area contributed by atoms with E-state index in [0.29, 0.717) is 60.1 Å². The number of para-hydroxylation sites is 1. The van der Waals surface area contributed by atoms with Crippen molar-refractivity contribution < 1.29 is 23.7 Å². The van der Waals surface area contributed by atoms with Gasteiger partial charge in [0.2, 0.25) is 5.75 Å². The van der Waals surface area contributed by atoms with Gasteiger partial charge in [0, 0.05) is 18.7 Å². The van der Waals surface area contributed by atoms with Crippen molar-refractivity contribution in [2.24, 2.45) is 0 Å². The first kappa shape index (κ1) is 30.5. The van der Waals surface area contributed by atoms with E-state index in [1.807, 2.05) is 39.0 Å². The summed E-state index contributed by atoms with van der Waals surface area (Å²) in [4.78, 5) is 22.9. The Bertz CT molecular complexity index is 1130. The van der Waals surface area contributed by atoms with Crippen LogP contribution in [0.1, 0.15) is 45.0 Å². The van der Waals surface area contributed by atoms with Crippen LogP contribution in [0.5, 0.6) is 23.0 Å². The lowest BCUT2D eigenvalue weighted by atomic mass is 10.1. The molecule has 0 aliphatic rings. The molecule has 0 saturated heterocycles. The lowest BCUT2D eigenvalue weighted by Crippen LogP contribution is -2.39. The fraction of sp³-hybridized carbons (Fsp3) is 0.481. The number of likely N-dealkylation sites (N-methyl/N-ethyl adjacent to an activating group) is 1. The Balaban J connectivity index is 0.00000481. The van der Waals surface area contributed by atoms with Crippen LogP contribution in [0.3, 0.4) is 0 Å². The Morgan fingerprint density at radius 1 is 0.892 bits per heavy atom. The van der Waals surface area contributed by atoms with Gasteiger partial charge in [-0.05, 0) is 58.1 Å². The van der Waals surface area contributed by atoms with Gasteiger partial charge in [-0.3, -0.25) is 9.69 Å². The van der Waals surface area contributed by atoms with Gasteiger partial charge >= 0.3 is 0 Å². The highest BCUT2D eigenvalue weighted by Crippen LogP contribution is 2.40. The van der Waals surface area contributed by atoms with Gasteiger partial charge in [-0.25, -0.2) is 4.98 Å². The molecule has 0 spiro atoms. The molecule has 1 aromatic heterocycles. The van der Waals surface area contributed by atoms with Crippen LogP contribution >= 0.6 is 23.7 Å². The van der Waals surface area contributed by atoms with E-state index in [0.717, 1.165) is 29.9 Å². The number of halogens is 1. The second-order valence-electron chi connectivity index (χ2n) is 7.89. The predicted molar refractivity (Wildman–Crippen MR) is 153 cm³/mol. The molecule has 1 heterocycles. The second kappa shape index (κ2) is 14.9. The van der Waals surface area contributed by atoms with Crippen LogP contribution < -0.4 is 23.8 Å². The van der Waals surface area contributed by atoms with Crippen molar-refractivity contribution in [3.8, 4) is 23.0 Å². The normalized spacial score (nSPS) is 10.8. The zero-order valence-corrected chi connectivity index (χ0v) is 24.2. The molecule has 0 bridgehead atoms. The molecular formula is C27H38ClN3O5S. The number of aromatic nitrogens is 1. The number of hydrogen-bond acceptors (Lipinski definition) is 8. The molecular weight excluding hydrogens is 514 g/mol. The molecule has 0 unspecified atom stereocenters. The van der Waals surface area contributed by atoms with E-state index in [4.69, 9.17) is 23.9 Å². The van der Waals surface area contributed by atoms with E-state index in [1.54, 1.807) is 24.1 Å². The Morgan fingerprint density at radius 2 is 1.51 bits per heavy atom. The average molecular weight is 552 g/mol. The van der Waals surface area contributed by atoms with Crippen molar-refractivity contribution in [2.75, 3.05) is 58.0 Å². The van der Waals surface area contributed by atoms with Crippen molar-refractivity contribution in [1.82, 2.24) is 9.88 Å². The molecule has 0 radical (unpaired) electrons. The maximum Gasteiger partial charge on any atom is 0.260 e. The molecule has 10 heteroatoms. The van der Waals surface area contributed by atoms with Gasteiger partial charge < -0.3 is 23.8 Å². The quantitative estimate of drug-likeness (QED) is 0.246. The summed E-state index contributed by atoms with van der Waals surface area (Å²) in [5, 5.41) is 0.622. The lowest BCUT2D eigenvalue weighted by molar-refractivity contribution is 0.0982. The summed E-state index contributed by atoms with van der Waals surface area (Å²) in [7, 11) is 1.63. The van der Waals surface area contributed by atoms with Crippen LogP contribution in [0.4, 0.5) is 5.13 Å². The van der Waals surface area contributed by atoms with Crippen LogP contribution in [0.2, 0.25) is 0 Å². The largest absolute Gasteiger partial charge is 0.494 e. The fourth-order valence-corrected chi connectivity index (χ4v) is 4.93. The minimum Gasteiger partial charge on any atom is -0.494 e. The van der Waals surface area contributed by atoms with E-state index < -0.39 is 0 Å². The summed E-state index contributed by atoms with van der Waals surface area (Å²) >= 11 is 1.47. The maximum atomic E-state index is 14.0.